The van der Waals surface area contributed by atoms with Crippen molar-refractivity contribution in [3.8, 4) is 5.75 Å². The highest BCUT2D eigenvalue weighted by Gasteiger charge is 2.13. The van der Waals surface area contributed by atoms with E-state index in [1.807, 2.05) is 31.2 Å². The first-order chi connectivity index (χ1) is 12.1. The molecule has 1 amide bonds. The van der Waals surface area contributed by atoms with Crippen LogP contribution in [0.25, 0.3) is 11.0 Å². The fourth-order valence-electron chi connectivity index (χ4n) is 2.54. The van der Waals surface area contributed by atoms with Gasteiger partial charge in [-0.3, -0.25) is 4.79 Å². The van der Waals surface area contributed by atoms with E-state index in [2.05, 4.69) is 15.3 Å². The Bertz CT molecular complexity index is 830. The number of amides is 1. The van der Waals surface area contributed by atoms with E-state index in [1.54, 1.807) is 12.1 Å². The van der Waals surface area contributed by atoms with Gasteiger partial charge in [-0.1, -0.05) is 18.2 Å². The molecule has 1 unspecified atom stereocenters. The number of hydrogen-bond acceptors (Lipinski definition) is 3. The van der Waals surface area contributed by atoms with E-state index < -0.39 is 0 Å². The molecule has 0 aliphatic carbocycles. The summed E-state index contributed by atoms with van der Waals surface area (Å²) in [5.41, 5.74) is 1.82. The van der Waals surface area contributed by atoms with Crippen molar-refractivity contribution in [2.24, 2.45) is 0 Å². The van der Waals surface area contributed by atoms with Crippen LogP contribution in [0.1, 0.15) is 31.6 Å². The smallest absolute Gasteiger partial charge is 0.220 e. The molecule has 6 heteroatoms. The highest BCUT2D eigenvalue weighted by atomic mass is 19.1. The van der Waals surface area contributed by atoms with E-state index in [9.17, 15) is 9.18 Å². The molecule has 5 nitrogen and oxygen atoms in total. The second-order valence-corrected chi connectivity index (χ2v) is 5.84. The quantitative estimate of drug-likeness (QED) is 0.643. The number of fused-ring (bicyclic) bond motifs is 1. The Labute approximate surface area is 145 Å². The second-order valence-electron chi connectivity index (χ2n) is 5.84. The minimum Gasteiger partial charge on any atom is -0.493 e. The van der Waals surface area contributed by atoms with Gasteiger partial charge >= 0.3 is 0 Å². The number of rotatable bonds is 7. The Balaban J connectivity index is 1.44. The number of hydrogen-bond donors (Lipinski definition) is 2. The minimum atomic E-state index is -0.338. The topological polar surface area (TPSA) is 67.0 Å². The zero-order valence-corrected chi connectivity index (χ0v) is 14.0. The van der Waals surface area contributed by atoms with Crippen molar-refractivity contribution in [3.05, 3.63) is 60.2 Å². The average molecular weight is 341 g/mol. The first-order valence-electron chi connectivity index (χ1n) is 8.24. The Kier molecular flexibility index (Phi) is 5.28. The summed E-state index contributed by atoms with van der Waals surface area (Å²) in [5.74, 6) is 0.785. The number of nitrogens with zero attached hydrogens (tertiary/aromatic N) is 1. The third-order valence-electron chi connectivity index (χ3n) is 3.81. The molecule has 3 aromatic rings. The van der Waals surface area contributed by atoms with Gasteiger partial charge in [0.1, 0.15) is 17.4 Å². The minimum absolute atomic E-state index is 0.0733. The van der Waals surface area contributed by atoms with E-state index in [1.165, 1.54) is 12.1 Å². The fourth-order valence-corrected chi connectivity index (χ4v) is 2.54. The lowest BCUT2D eigenvalue weighted by Gasteiger charge is -2.11. The van der Waals surface area contributed by atoms with Crippen molar-refractivity contribution < 1.29 is 13.9 Å². The maximum absolute atomic E-state index is 13.0. The van der Waals surface area contributed by atoms with Gasteiger partial charge in [0.25, 0.3) is 0 Å². The highest BCUT2D eigenvalue weighted by Crippen LogP contribution is 2.16. The summed E-state index contributed by atoms with van der Waals surface area (Å²) < 4.78 is 18.5. The van der Waals surface area contributed by atoms with Crippen molar-refractivity contribution in [2.75, 3.05) is 6.61 Å². The number of imidazole rings is 1. The van der Waals surface area contributed by atoms with E-state index >= 15 is 0 Å². The molecule has 0 spiro atoms. The summed E-state index contributed by atoms with van der Waals surface area (Å²) in [6, 6.07) is 13.5. The molecule has 0 saturated heterocycles. The molecule has 1 heterocycles. The lowest BCUT2D eigenvalue weighted by molar-refractivity contribution is -0.122. The third-order valence-corrected chi connectivity index (χ3v) is 3.81. The summed E-state index contributed by atoms with van der Waals surface area (Å²) in [5, 5.41) is 2.92. The largest absolute Gasteiger partial charge is 0.493 e. The lowest BCUT2D eigenvalue weighted by Crippen LogP contribution is -2.27. The van der Waals surface area contributed by atoms with E-state index in [-0.39, 0.29) is 17.8 Å². The molecular formula is C19H20FN3O2. The summed E-state index contributed by atoms with van der Waals surface area (Å²) >= 11 is 0. The Morgan fingerprint density at radius 2 is 2.12 bits per heavy atom. The van der Waals surface area contributed by atoms with Crippen LogP contribution in [0, 0.1) is 5.82 Å². The summed E-state index contributed by atoms with van der Waals surface area (Å²) in [4.78, 5) is 19.7. The molecule has 1 atom stereocenters. The standard InChI is InChI=1S/C19H20FN3O2/c1-13(19-22-16-8-2-3-9-17(16)23-19)21-18(24)10-5-11-25-15-7-4-6-14(20)12-15/h2-4,6-9,12-13H,5,10-11H2,1H3,(H,21,24)(H,22,23). The van der Waals surface area contributed by atoms with Gasteiger partial charge < -0.3 is 15.0 Å². The van der Waals surface area contributed by atoms with Crippen molar-refractivity contribution in [1.29, 1.82) is 0 Å². The van der Waals surface area contributed by atoms with Crippen LogP contribution in [0.15, 0.2) is 48.5 Å². The predicted molar refractivity (Wildman–Crippen MR) is 93.8 cm³/mol. The van der Waals surface area contributed by atoms with Gasteiger partial charge in [0, 0.05) is 12.5 Å². The molecule has 1 aromatic heterocycles. The zero-order chi connectivity index (χ0) is 17.6. The van der Waals surface area contributed by atoms with Crippen LogP contribution in [0.2, 0.25) is 0 Å². The molecule has 0 aliphatic rings. The Hall–Kier alpha value is -2.89. The number of H-pyrrole nitrogens is 1. The van der Waals surface area contributed by atoms with E-state index in [4.69, 9.17) is 4.74 Å². The van der Waals surface area contributed by atoms with Crippen LogP contribution in [-0.4, -0.2) is 22.5 Å². The number of aromatic nitrogens is 2. The van der Waals surface area contributed by atoms with Crippen LogP contribution in [0.3, 0.4) is 0 Å². The molecule has 0 aliphatic heterocycles. The van der Waals surface area contributed by atoms with Gasteiger partial charge in [0.2, 0.25) is 5.91 Å². The maximum Gasteiger partial charge on any atom is 0.220 e. The third kappa shape index (κ3) is 4.56. The lowest BCUT2D eigenvalue weighted by atomic mass is 10.2. The number of carbonyl (C=O) groups excluding carboxylic acids is 1. The number of para-hydroxylation sites is 2. The van der Waals surface area contributed by atoms with E-state index in [0.29, 0.717) is 25.2 Å². The first-order valence-corrected chi connectivity index (χ1v) is 8.24. The zero-order valence-electron chi connectivity index (χ0n) is 14.0. The number of aromatic amines is 1. The van der Waals surface area contributed by atoms with Gasteiger partial charge in [-0.05, 0) is 37.6 Å². The highest BCUT2D eigenvalue weighted by molar-refractivity contribution is 5.77. The predicted octanol–water partition coefficient (Wildman–Crippen LogP) is 3.74. The summed E-state index contributed by atoms with van der Waals surface area (Å²) in [6.45, 7) is 2.24. The monoisotopic (exact) mass is 341 g/mol. The summed E-state index contributed by atoms with van der Waals surface area (Å²) in [6.07, 6.45) is 0.884. The molecule has 25 heavy (non-hydrogen) atoms. The van der Waals surface area contributed by atoms with Crippen LogP contribution in [0.4, 0.5) is 4.39 Å². The fraction of sp³-hybridized carbons (Fsp3) is 0.263. The van der Waals surface area contributed by atoms with Gasteiger partial charge in [0.15, 0.2) is 0 Å². The Morgan fingerprint density at radius 1 is 1.28 bits per heavy atom. The number of ether oxygens (including phenoxy) is 1. The van der Waals surface area contributed by atoms with Crippen LogP contribution < -0.4 is 10.1 Å². The SMILES string of the molecule is CC(NC(=O)CCCOc1cccc(F)c1)c1nc2ccccc2[nH]1. The van der Waals surface area contributed by atoms with Crippen molar-refractivity contribution in [3.63, 3.8) is 0 Å². The molecule has 0 saturated carbocycles. The van der Waals surface area contributed by atoms with Gasteiger partial charge in [-0.15, -0.1) is 0 Å². The van der Waals surface area contributed by atoms with E-state index in [0.717, 1.165) is 16.9 Å². The molecule has 0 radical (unpaired) electrons. The van der Waals surface area contributed by atoms with Crippen LogP contribution in [0.5, 0.6) is 5.75 Å². The van der Waals surface area contributed by atoms with Crippen LogP contribution in [-0.2, 0) is 4.79 Å². The van der Waals surface area contributed by atoms with Gasteiger partial charge in [0.05, 0.1) is 23.7 Å². The van der Waals surface area contributed by atoms with Crippen molar-refractivity contribution >= 4 is 16.9 Å². The van der Waals surface area contributed by atoms with Crippen LogP contribution >= 0.6 is 0 Å². The molecule has 2 N–H and O–H groups in total. The van der Waals surface area contributed by atoms with Gasteiger partial charge in [-0.25, -0.2) is 9.37 Å². The Morgan fingerprint density at radius 3 is 2.92 bits per heavy atom. The van der Waals surface area contributed by atoms with Crippen molar-refractivity contribution in [1.82, 2.24) is 15.3 Å². The average Bonchev–Trinajstić information content (AvgIpc) is 3.03. The maximum atomic E-state index is 13.0. The molecular weight excluding hydrogens is 321 g/mol. The normalized spacial score (nSPS) is 12.1. The molecule has 130 valence electrons. The second kappa shape index (κ2) is 7.79. The number of carbonyl (C=O) groups is 1. The molecule has 3 rings (SSSR count). The molecule has 2 aromatic carbocycles. The number of nitrogens with one attached hydrogen (secondary N) is 2. The molecule has 0 bridgehead atoms. The number of halogens is 1. The summed E-state index contributed by atoms with van der Waals surface area (Å²) in [7, 11) is 0. The van der Waals surface area contributed by atoms with Crippen molar-refractivity contribution in [2.45, 2.75) is 25.8 Å². The first kappa shape index (κ1) is 17.0. The number of benzene rings is 2. The van der Waals surface area contributed by atoms with Gasteiger partial charge in [-0.2, -0.15) is 0 Å². The molecule has 0 fully saturated rings.